The van der Waals surface area contributed by atoms with Crippen LogP contribution in [0.2, 0.25) is 0 Å². The van der Waals surface area contributed by atoms with Gasteiger partial charge in [0.2, 0.25) is 0 Å². The Balaban J connectivity index is 2.30. The lowest BCUT2D eigenvalue weighted by Gasteiger charge is -2.20. The van der Waals surface area contributed by atoms with Crippen LogP contribution in [0.1, 0.15) is 181 Å². The van der Waals surface area contributed by atoms with E-state index in [1.165, 1.54) is 70.6 Å². The van der Waals surface area contributed by atoms with Gasteiger partial charge in [0.25, 0.3) is 0 Å². The van der Waals surface area contributed by atoms with Crippen molar-refractivity contribution >= 4 is 25.5 Å². The molecule has 1 aliphatic rings. The Hall–Kier alpha value is -1.66. The number of esters is 2. The summed E-state index contributed by atoms with van der Waals surface area (Å²) in [5, 5.41) is 31.2. The summed E-state index contributed by atoms with van der Waals surface area (Å²) in [4.78, 5) is 55.8. The van der Waals surface area contributed by atoms with E-state index in [0.717, 1.165) is 38.5 Å². The molecule has 1 fully saturated rings. The van der Waals surface area contributed by atoms with Crippen molar-refractivity contribution in [2.45, 2.75) is 205 Å². The molecule has 0 spiro atoms. The van der Waals surface area contributed by atoms with E-state index in [9.17, 15) is 34.3 Å². The summed E-state index contributed by atoms with van der Waals surface area (Å²) in [5.41, 5.74) is 0. The van der Waals surface area contributed by atoms with Crippen LogP contribution in [0.4, 0.5) is 0 Å². The van der Waals surface area contributed by atoms with Gasteiger partial charge in [0.05, 0.1) is 24.9 Å². The maximum Gasteiger partial charge on any atom is 0.469 e. The molecule has 0 heterocycles. The highest BCUT2D eigenvalue weighted by molar-refractivity contribution is 7.46. The molecule has 0 saturated heterocycles. The predicted molar refractivity (Wildman–Crippen MR) is 209 cm³/mol. The number of ether oxygens (including phenoxy) is 2. The fourth-order valence-electron chi connectivity index (χ4n) is 7.02. The first kappa shape index (κ1) is 50.4. The molecule has 12 nitrogen and oxygen atoms in total. The summed E-state index contributed by atoms with van der Waals surface area (Å²) in [7, 11) is -4.84. The Kier molecular flexibility index (Phi) is 29.3. The maximum absolute atomic E-state index is 12.7. The van der Waals surface area contributed by atoms with E-state index in [1.807, 2.05) is 0 Å². The summed E-state index contributed by atoms with van der Waals surface area (Å²) < 4.78 is 26.3. The van der Waals surface area contributed by atoms with Crippen LogP contribution < -0.4 is 0 Å². The van der Waals surface area contributed by atoms with Crippen LogP contribution in [0, 0.1) is 11.8 Å². The molecule has 5 N–H and O–H groups in total. The van der Waals surface area contributed by atoms with Gasteiger partial charge in [-0.3, -0.25) is 18.9 Å². The molecule has 0 unspecified atom stereocenters. The molecule has 0 aromatic carbocycles. The van der Waals surface area contributed by atoms with Crippen molar-refractivity contribution in [1.82, 2.24) is 0 Å². The molecule has 0 amide bonds. The number of hydrogen-bond acceptors (Lipinski definition) is 10. The van der Waals surface area contributed by atoms with Gasteiger partial charge in [0, 0.05) is 43.9 Å². The monoisotopic (exact) mass is 790 g/mol. The first-order chi connectivity index (χ1) is 25.9. The molecule has 6 atom stereocenters. The normalized spacial score (nSPS) is 20.0. The number of hydrogen-bond donors (Lipinski definition) is 5. The quantitative estimate of drug-likeness (QED) is 0.0179. The van der Waals surface area contributed by atoms with Gasteiger partial charge < -0.3 is 34.6 Å². The number of aliphatic hydroxyl groups excluding tert-OH is 3. The molecule has 13 heteroatoms. The van der Waals surface area contributed by atoms with Gasteiger partial charge >= 0.3 is 19.8 Å². The third-order valence-corrected chi connectivity index (χ3v) is 10.8. The summed E-state index contributed by atoms with van der Waals surface area (Å²) >= 11 is 0. The maximum atomic E-state index is 12.7. The molecular formula is C41H75O12P. The van der Waals surface area contributed by atoms with Crippen molar-refractivity contribution in [1.29, 1.82) is 0 Å². The van der Waals surface area contributed by atoms with Crippen LogP contribution in [0.15, 0.2) is 12.2 Å². The van der Waals surface area contributed by atoms with E-state index in [0.29, 0.717) is 25.7 Å². The number of carbonyl (C=O) groups is 3. The van der Waals surface area contributed by atoms with E-state index < -0.39 is 69.2 Å². The zero-order valence-electron chi connectivity index (χ0n) is 33.5. The fourth-order valence-corrected chi connectivity index (χ4v) is 7.38. The zero-order chi connectivity index (χ0) is 40.0. The lowest BCUT2D eigenvalue weighted by molar-refractivity contribution is -0.161. The SMILES string of the molecule is CCCCCCCCCCCCCCCCCC(=O)O[C@H](COC(=O)CCCCC(=O)C[C@@H]1[C@@H](/C=C/[C@@H](O)CCCCC)[C@H](O)C[C@@H]1O)COP(=O)(O)O. The van der Waals surface area contributed by atoms with E-state index in [2.05, 4.69) is 18.4 Å². The van der Waals surface area contributed by atoms with Gasteiger partial charge in [0.15, 0.2) is 6.10 Å². The Bertz CT molecular complexity index is 1060. The van der Waals surface area contributed by atoms with Crippen molar-refractivity contribution < 1.29 is 58.1 Å². The Morgan fingerprint density at radius 3 is 1.76 bits per heavy atom. The summed E-state index contributed by atoms with van der Waals surface area (Å²) in [6.07, 6.45) is 22.8. The Labute approximate surface area is 325 Å². The average molecular weight is 791 g/mol. The third kappa shape index (κ3) is 27.0. The average Bonchev–Trinajstić information content (AvgIpc) is 3.38. The van der Waals surface area contributed by atoms with Crippen molar-refractivity contribution in [3.05, 3.63) is 12.2 Å². The van der Waals surface area contributed by atoms with Gasteiger partial charge in [-0.05, 0) is 25.7 Å². The minimum atomic E-state index is -4.84. The van der Waals surface area contributed by atoms with Crippen molar-refractivity contribution in [2.75, 3.05) is 13.2 Å². The number of aliphatic hydroxyl groups is 3. The molecule has 1 rings (SSSR count). The number of phosphoric ester groups is 1. The largest absolute Gasteiger partial charge is 0.469 e. The van der Waals surface area contributed by atoms with E-state index in [1.54, 1.807) is 12.2 Å². The van der Waals surface area contributed by atoms with E-state index in [4.69, 9.17) is 19.3 Å². The number of unbranched alkanes of at least 4 members (excludes halogenated alkanes) is 17. The van der Waals surface area contributed by atoms with E-state index >= 15 is 0 Å². The summed E-state index contributed by atoms with van der Waals surface area (Å²) in [6.45, 7) is 3.27. The van der Waals surface area contributed by atoms with Crippen LogP contribution in [0.5, 0.6) is 0 Å². The predicted octanol–water partition coefficient (Wildman–Crippen LogP) is 8.19. The highest BCUT2D eigenvalue weighted by Gasteiger charge is 2.41. The number of carbonyl (C=O) groups excluding carboxylic acids is 3. The Morgan fingerprint density at radius 2 is 1.19 bits per heavy atom. The van der Waals surface area contributed by atoms with Crippen molar-refractivity contribution in [2.24, 2.45) is 11.8 Å². The van der Waals surface area contributed by atoms with Gasteiger partial charge in [0.1, 0.15) is 12.4 Å². The summed E-state index contributed by atoms with van der Waals surface area (Å²) in [6, 6.07) is 0. The Morgan fingerprint density at radius 1 is 0.685 bits per heavy atom. The lowest BCUT2D eigenvalue weighted by atomic mass is 9.87. The molecule has 0 bridgehead atoms. The number of ketones is 1. The van der Waals surface area contributed by atoms with Gasteiger partial charge in [-0.25, -0.2) is 4.57 Å². The first-order valence-electron chi connectivity index (χ1n) is 21.2. The van der Waals surface area contributed by atoms with Gasteiger partial charge in [-0.15, -0.1) is 0 Å². The summed E-state index contributed by atoms with van der Waals surface area (Å²) in [5.74, 6) is -2.15. The smallest absolute Gasteiger partial charge is 0.462 e. The molecule has 316 valence electrons. The van der Waals surface area contributed by atoms with Crippen LogP contribution >= 0.6 is 7.82 Å². The standard InChI is InChI=1S/C41H75O12P/c1-3-5-7-8-9-10-11-12-13-14-15-16-17-18-20-26-41(47)53-35(32-52-54(48,49)50)31-51-40(46)25-22-21-24-34(43)29-37-36(38(44)30-39(37)45)28-27-33(42)23-19-6-4-2/h27-28,33,35-39,42,44-45H,3-26,29-32H2,1-2H3,(H2,48,49,50)/b28-27+/t33-,35+,36+,37+,38+,39-/m0/s1. The molecule has 1 aliphatic carbocycles. The third-order valence-electron chi connectivity index (χ3n) is 10.3. The molecule has 0 aliphatic heterocycles. The van der Waals surface area contributed by atoms with Crippen LogP contribution in [0.25, 0.3) is 0 Å². The zero-order valence-corrected chi connectivity index (χ0v) is 34.4. The molecule has 54 heavy (non-hydrogen) atoms. The second-order valence-corrected chi connectivity index (χ2v) is 16.5. The number of Topliss-reactive ketones (excluding diaryl/α,β-unsaturated/α-hetero) is 1. The second-order valence-electron chi connectivity index (χ2n) is 15.3. The highest BCUT2D eigenvalue weighted by Crippen LogP contribution is 2.37. The van der Waals surface area contributed by atoms with E-state index in [-0.39, 0.29) is 37.9 Å². The molecule has 0 aromatic rings. The number of phosphoric acid groups is 1. The van der Waals surface area contributed by atoms with Gasteiger partial charge in [-0.2, -0.15) is 0 Å². The van der Waals surface area contributed by atoms with Crippen molar-refractivity contribution in [3.63, 3.8) is 0 Å². The second kappa shape index (κ2) is 31.4. The molecule has 1 saturated carbocycles. The van der Waals surface area contributed by atoms with Crippen LogP contribution in [0.3, 0.4) is 0 Å². The van der Waals surface area contributed by atoms with Crippen LogP contribution in [-0.4, -0.2) is 80.5 Å². The molecule has 0 aromatic heterocycles. The molecule has 0 radical (unpaired) electrons. The first-order valence-corrected chi connectivity index (χ1v) is 22.7. The minimum Gasteiger partial charge on any atom is -0.462 e. The molecular weight excluding hydrogens is 715 g/mol. The van der Waals surface area contributed by atoms with Gasteiger partial charge in [-0.1, -0.05) is 135 Å². The topological polar surface area (TPSA) is 197 Å². The highest BCUT2D eigenvalue weighted by atomic mass is 31.2. The minimum absolute atomic E-state index is 0.0154. The lowest BCUT2D eigenvalue weighted by Crippen LogP contribution is -2.29. The van der Waals surface area contributed by atoms with Crippen molar-refractivity contribution in [3.8, 4) is 0 Å². The van der Waals surface area contributed by atoms with Crippen LogP contribution in [-0.2, 0) is 32.9 Å². The number of rotatable bonds is 35. The fraction of sp³-hybridized carbons (Fsp3) is 0.878.